The van der Waals surface area contributed by atoms with Gasteiger partial charge in [-0.05, 0) is 5.41 Å². The Kier molecular flexibility index (Phi) is 3.10. The molecule has 1 aromatic heterocycles. The van der Waals surface area contributed by atoms with Gasteiger partial charge in [0.25, 0.3) is 0 Å². The summed E-state index contributed by atoms with van der Waals surface area (Å²) in [6.45, 7) is 5.67. The number of hydrogen-bond donors (Lipinski definition) is 2. The Morgan fingerprint density at radius 1 is 1.64 bits per heavy atom. The van der Waals surface area contributed by atoms with Gasteiger partial charge in [-0.2, -0.15) is 0 Å². The van der Waals surface area contributed by atoms with Gasteiger partial charge in [0.15, 0.2) is 0 Å². The Bertz CT molecular complexity index is 303. The van der Waals surface area contributed by atoms with Crippen molar-refractivity contribution in [3.05, 3.63) is 11.7 Å². The van der Waals surface area contributed by atoms with Gasteiger partial charge in [0, 0.05) is 0 Å². The van der Waals surface area contributed by atoms with Crippen LogP contribution in [0.2, 0.25) is 0 Å². The van der Waals surface area contributed by atoms with Crippen LogP contribution < -0.4 is 5.32 Å². The van der Waals surface area contributed by atoms with Gasteiger partial charge in [-0.1, -0.05) is 20.8 Å². The third kappa shape index (κ3) is 2.70. The molecular weight excluding hydrogens is 200 g/mol. The summed E-state index contributed by atoms with van der Waals surface area (Å²) in [5.74, 6) is -0.842. The summed E-state index contributed by atoms with van der Waals surface area (Å²) in [6.07, 6.45) is 1.63. The standard InChI is InChI=1S/C9H14N2O2S/c1-9(2,3)7(8(12)13)11-6-4-10-5-14-6/h4-5,7,11H,1-3H3,(H,12,13). The molecule has 1 rings (SSSR count). The quantitative estimate of drug-likeness (QED) is 0.808. The van der Waals surface area contributed by atoms with Gasteiger partial charge >= 0.3 is 5.97 Å². The Morgan fingerprint density at radius 3 is 2.64 bits per heavy atom. The molecule has 0 aliphatic rings. The smallest absolute Gasteiger partial charge is 0.326 e. The lowest BCUT2D eigenvalue weighted by Crippen LogP contribution is -2.40. The van der Waals surface area contributed by atoms with Crippen LogP contribution in [-0.4, -0.2) is 22.1 Å². The second-order valence-corrected chi connectivity index (χ2v) is 5.03. The second kappa shape index (κ2) is 3.96. The number of nitrogens with zero attached hydrogens (tertiary/aromatic N) is 1. The van der Waals surface area contributed by atoms with Crippen LogP contribution in [-0.2, 0) is 4.79 Å². The van der Waals surface area contributed by atoms with Gasteiger partial charge in [0.2, 0.25) is 0 Å². The van der Waals surface area contributed by atoms with E-state index in [1.54, 1.807) is 11.7 Å². The largest absolute Gasteiger partial charge is 0.480 e. The lowest BCUT2D eigenvalue weighted by molar-refractivity contribution is -0.140. The predicted octanol–water partition coefficient (Wildman–Crippen LogP) is 2.05. The molecule has 0 amide bonds. The average molecular weight is 214 g/mol. The topological polar surface area (TPSA) is 62.2 Å². The van der Waals surface area contributed by atoms with Crippen LogP contribution in [0.5, 0.6) is 0 Å². The Balaban J connectivity index is 2.76. The highest BCUT2D eigenvalue weighted by atomic mass is 32.1. The summed E-state index contributed by atoms with van der Waals surface area (Å²) in [5.41, 5.74) is 1.35. The fourth-order valence-corrected chi connectivity index (χ4v) is 1.62. The third-order valence-corrected chi connectivity index (χ3v) is 2.54. The van der Waals surface area contributed by atoms with E-state index in [2.05, 4.69) is 10.3 Å². The van der Waals surface area contributed by atoms with Crippen molar-refractivity contribution in [2.45, 2.75) is 26.8 Å². The lowest BCUT2D eigenvalue weighted by atomic mass is 9.87. The van der Waals surface area contributed by atoms with Crippen molar-refractivity contribution in [2.24, 2.45) is 5.41 Å². The van der Waals surface area contributed by atoms with E-state index in [9.17, 15) is 4.79 Å². The molecule has 1 heterocycles. The van der Waals surface area contributed by atoms with Gasteiger partial charge < -0.3 is 10.4 Å². The molecule has 0 radical (unpaired) electrons. The average Bonchev–Trinajstić information content (AvgIpc) is 2.48. The minimum Gasteiger partial charge on any atom is -0.480 e. The van der Waals surface area contributed by atoms with Crippen molar-refractivity contribution in [3.8, 4) is 0 Å². The number of carboxylic acids is 1. The van der Waals surface area contributed by atoms with Crippen LogP contribution in [0.15, 0.2) is 11.7 Å². The van der Waals surface area contributed by atoms with Crippen molar-refractivity contribution in [1.29, 1.82) is 0 Å². The molecule has 0 aliphatic carbocycles. The molecule has 0 saturated carbocycles. The normalized spacial score (nSPS) is 13.6. The molecule has 0 aliphatic heterocycles. The molecule has 1 atom stereocenters. The van der Waals surface area contributed by atoms with Crippen LogP contribution in [0, 0.1) is 5.41 Å². The summed E-state index contributed by atoms with van der Waals surface area (Å²) < 4.78 is 0. The first-order valence-corrected chi connectivity index (χ1v) is 5.17. The fraction of sp³-hybridized carbons (Fsp3) is 0.556. The Morgan fingerprint density at radius 2 is 2.29 bits per heavy atom. The molecule has 5 heteroatoms. The van der Waals surface area contributed by atoms with E-state index < -0.39 is 12.0 Å². The van der Waals surface area contributed by atoms with Crippen LogP contribution >= 0.6 is 11.3 Å². The number of carboxylic acid groups (broad SMARTS) is 1. The zero-order chi connectivity index (χ0) is 10.8. The van der Waals surface area contributed by atoms with Crippen LogP contribution in [0.1, 0.15) is 20.8 Å². The number of anilines is 1. The molecule has 1 aromatic rings. The van der Waals surface area contributed by atoms with Crippen molar-refractivity contribution in [3.63, 3.8) is 0 Å². The molecule has 4 nitrogen and oxygen atoms in total. The van der Waals surface area contributed by atoms with Gasteiger partial charge in [-0.15, -0.1) is 11.3 Å². The van der Waals surface area contributed by atoms with Gasteiger partial charge in [0.1, 0.15) is 11.0 Å². The van der Waals surface area contributed by atoms with Crippen molar-refractivity contribution in [1.82, 2.24) is 4.98 Å². The predicted molar refractivity (Wildman–Crippen MR) is 56.6 cm³/mol. The highest BCUT2D eigenvalue weighted by Gasteiger charge is 2.31. The zero-order valence-electron chi connectivity index (χ0n) is 8.44. The van der Waals surface area contributed by atoms with Crippen LogP contribution in [0.3, 0.4) is 0 Å². The summed E-state index contributed by atoms with van der Waals surface area (Å²) in [7, 11) is 0. The molecule has 0 bridgehead atoms. The molecule has 0 spiro atoms. The number of aliphatic carboxylic acids is 1. The molecule has 2 N–H and O–H groups in total. The van der Waals surface area contributed by atoms with Crippen molar-refractivity contribution < 1.29 is 9.90 Å². The van der Waals surface area contributed by atoms with E-state index in [1.807, 2.05) is 20.8 Å². The van der Waals surface area contributed by atoms with E-state index in [0.717, 1.165) is 5.00 Å². The highest BCUT2D eigenvalue weighted by molar-refractivity contribution is 7.13. The summed E-state index contributed by atoms with van der Waals surface area (Å²) in [5, 5.41) is 12.8. The maximum absolute atomic E-state index is 11.0. The number of rotatable bonds is 3. The molecule has 78 valence electrons. The van der Waals surface area contributed by atoms with E-state index in [0.29, 0.717) is 0 Å². The Labute approximate surface area is 87.0 Å². The number of aromatic nitrogens is 1. The summed E-state index contributed by atoms with van der Waals surface area (Å²) in [6, 6.07) is -0.594. The highest BCUT2D eigenvalue weighted by Crippen LogP contribution is 2.24. The minimum atomic E-state index is -0.842. The van der Waals surface area contributed by atoms with Gasteiger partial charge in [0.05, 0.1) is 11.7 Å². The maximum atomic E-state index is 11.0. The van der Waals surface area contributed by atoms with Gasteiger partial charge in [-0.25, -0.2) is 4.79 Å². The molecule has 1 unspecified atom stereocenters. The number of hydrogen-bond acceptors (Lipinski definition) is 4. The molecule has 0 aromatic carbocycles. The molecule has 0 saturated heterocycles. The first kappa shape index (κ1) is 11.0. The minimum absolute atomic E-state index is 0.324. The van der Waals surface area contributed by atoms with Crippen LogP contribution in [0.25, 0.3) is 0 Å². The molecular formula is C9H14N2O2S. The number of nitrogens with one attached hydrogen (secondary N) is 1. The molecule has 14 heavy (non-hydrogen) atoms. The monoisotopic (exact) mass is 214 g/mol. The Hall–Kier alpha value is -1.10. The van der Waals surface area contributed by atoms with E-state index in [4.69, 9.17) is 5.11 Å². The summed E-state index contributed by atoms with van der Waals surface area (Å²) >= 11 is 1.40. The third-order valence-electron chi connectivity index (χ3n) is 1.83. The summed E-state index contributed by atoms with van der Waals surface area (Å²) in [4.78, 5) is 14.9. The number of thiazole rings is 1. The fourth-order valence-electron chi connectivity index (χ4n) is 1.08. The molecule has 0 fully saturated rings. The SMILES string of the molecule is CC(C)(C)C(Nc1cncs1)C(=O)O. The first-order valence-electron chi connectivity index (χ1n) is 4.29. The first-order chi connectivity index (χ1) is 6.41. The zero-order valence-corrected chi connectivity index (χ0v) is 9.26. The maximum Gasteiger partial charge on any atom is 0.326 e. The second-order valence-electron chi connectivity index (χ2n) is 4.15. The number of carbonyl (C=O) groups is 1. The van der Waals surface area contributed by atoms with Crippen molar-refractivity contribution >= 4 is 22.3 Å². The lowest BCUT2D eigenvalue weighted by Gasteiger charge is -2.27. The van der Waals surface area contributed by atoms with Gasteiger partial charge in [-0.3, -0.25) is 4.98 Å². The van der Waals surface area contributed by atoms with E-state index in [-0.39, 0.29) is 5.41 Å². The van der Waals surface area contributed by atoms with Crippen LogP contribution in [0.4, 0.5) is 5.00 Å². The van der Waals surface area contributed by atoms with E-state index >= 15 is 0 Å². The van der Waals surface area contributed by atoms with E-state index in [1.165, 1.54) is 11.3 Å². The van der Waals surface area contributed by atoms with Crippen molar-refractivity contribution in [2.75, 3.05) is 5.32 Å².